The van der Waals surface area contributed by atoms with Crippen LogP contribution in [-0.2, 0) is 16.8 Å². The van der Waals surface area contributed by atoms with E-state index in [9.17, 15) is 9.59 Å². The van der Waals surface area contributed by atoms with Gasteiger partial charge in [-0.05, 0) is 29.3 Å². The lowest BCUT2D eigenvalue weighted by molar-refractivity contribution is -0.112. The Hall–Kier alpha value is -3.64. The summed E-state index contributed by atoms with van der Waals surface area (Å²) in [6.07, 6.45) is 1.74. The number of rotatable bonds is 6. The van der Waals surface area contributed by atoms with E-state index in [1.807, 2.05) is 67.7 Å². The molecule has 0 bridgehead atoms. The van der Waals surface area contributed by atoms with Crippen molar-refractivity contribution < 1.29 is 4.79 Å². The smallest absolute Gasteiger partial charge is 0.262 e. The summed E-state index contributed by atoms with van der Waals surface area (Å²) in [7, 11) is 2.00. The highest BCUT2D eigenvalue weighted by Gasteiger charge is 2.38. The number of thioether (sulfide) groups is 1. The van der Waals surface area contributed by atoms with Crippen LogP contribution >= 0.6 is 11.8 Å². The van der Waals surface area contributed by atoms with Crippen LogP contribution < -0.4 is 10.5 Å². The molecule has 5 nitrogen and oxygen atoms in total. The van der Waals surface area contributed by atoms with E-state index in [1.54, 1.807) is 16.7 Å². The number of allylic oxidation sites excluding steroid dienone is 2. The maximum Gasteiger partial charge on any atom is 0.262 e. The van der Waals surface area contributed by atoms with Gasteiger partial charge in [0.1, 0.15) is 0 Å². The van der Waals surface area contributed by atoms with E-state index in [2.05, 4.69) is 30.9 Å². The van der Waals surface area contributed by atoms with Crippen molar-refractivity contribution in [3.63, 3.8) is 0 Å². The van der Waals surface area contributed by atoms with Crippen molar-refractivity contribution in [2.75, 3.05) is 17.7 Å². The van der Waals surface area contributed by atoms with Gasteiger partial charge in [0.25, 0.3) is 5.56 Å². The zero-order chi connectivity index (χ0) is 24.6. The van der Waals surface area contributed by atoms with Gasteiger partial charge in [-0.2, -0.15) is 0 Å². The Labute approximate surface area is 209 Å². The van der Waals surface area contributed by atoms with E-state index in [-0.39, 0.29) is 22.5 Å². The summed E-state index contributed by atoms with van der Waals surface area (Å²) in [6, 6.07) is 25.4. The summed E-state index contributed by atoms with van der Waals surface area (Å²) < 4.78 is 1.67. The molecular weight excluding hydrogens is 454 g/mol. The zero-order valence-corrected chi connectivity index (χ0v) is 20.9. The normalized spacial score (nSPS) is 15.5. The Kier molecular flexibility index (Phi) is 6.07. The molecule has 176 valence electrons. The largest absolute Gasteiger partial charge is 0.347 e. The first kappa shape index (κ1) is 23.1. The Morgan fingerprint density at radius 2 is 1.66 bits per heavy atom. The van der Waals surface area contributed by atoms with E-state index in [4.69, 9.17) is 4.98 Å². The van der Waals surface area contributed by atoms with Crippen LogP contribution in [0.15, 0.2) is 101 Å². The molecule has 6 heteroatoms. The average Bonchev–Trinajstić information content (AvgIpc) is 3.06. The van der Waals surface area contributed by atoms with E-state index >= 15 is 0 Å². The fourth-order valence-corrected chi connectivity index (χ4v) is 5.57. The highest BCUT2D eigenvalue weighted by atomic mass is 32.2. The number of ketones is 1. The fourth-order valence-electron chi connectivity index (χ4n) is 4.75. The molecule has 0 N–H and O–H groups in total. The summed E-state index contributed by atoms with van der Waals surface area (Å²) in [5.41, 5.74) is 4.59. The second-order valence-corrected chi connectivity index (χ2v) is 10.2. The summed E-state index contributed by atoms with van der Waals surface area (Å²) in [5.74, 6) is 0.190. The zero-order valence-electron chi connectivity index (χ0n) is 20.1. The van der Waals surface area contributed by atoms with Crippen LogP contribution in [0.25, 0.3) is 10.9 Å². The lowest BCUT2D eigenvalue weighted by Crippen LogP contribution is -2.25. The fraction of sp³-hybridized carbons (Fsp3) is 0.207. The third-order valence-electron chi connectivity index (χ3n) is 6.59. The van der Waals surface area contributed by atoms with Gasteiger partial charge in [0.15, 0.2) is 10.9 Å². The monoisotopic (exact) mass is 481 g/mol. The standard InChI is InChI=1S/C29H27N3O2S/c1-29(2)23-14-8-10-16-25(23)31(3)26(29)17-21(33)19-35-28-30-24-15-9-7-13-22(24)27(34)32(28)18-20-11-5-4-6-12-20/h4-17H,18-19H2,1-3H3. The molecule has 35 heavy (non-hydrogen) atoms. The number of hydrogen-bond donors (Lipinski definition) is 0. The van der Waals surface area contributed by atoms with Crippen molar-refractivity contribution in [1.29, 1.82) is 0 Å². The third kappa shape index (κ3) is 4.30. The van der Waals surface area contributed by atoms with Crippen LogP contribution in [-0.4, -0.2) is 28.1 Å². The molecule has 0 aliphatic carbocycles. The van der Waals surface area contributed by atoms with Crippen LogP contribution in [0.1, 0.15) is 25.0 Å². The van der Waals surface area contributed by atoms with Crippen molar-refractivity contribution in [3.8, 4) is 0 Å². The minimum absolute atomic E-state index is 0.00796. The molecule has 3 aromatic carbocycles. The summed E-state index contributed by atoms with van der Waals surface area (Å²) in [5, 5.41) is 1.12. The predicted molar refractivity (Wildman–Crippen MR) is 143 cm³/mol. The molecule has 5 rings (SSSR count). The first-order valence-corrected chi connectivity index (χ1v) is 12.6. The van der Waals surface area contributed by atoms with Crippen LogP contribution in [0.2, 0.25) is 0 Å². The molecular formula is C29H27N3O2S. The molecule has 2 heterocycles. The predicted octanol–water partition coefficient (Wildman–Crippen LogP) is 5.42. The molecule has 0 fully saturated rings. The molecule has 0 radical (unpaired) electrons. The Bertz CT molecular complexity index is 1510. The lowest BCUT2D eigenvalue weighted by Gasteiger charge is -2.24. The number of fused-ring (bicyclic) bond motifs is 2. The number of nitrogens with zero attached hydrogens (tertiary/aromatic N) is 3. The van der Waals surface area contributed by atoms with Crippen LogP contribution in [0.5, 0.6) is 0 Å². The quantitative estimate of drug-likeness (QED) is 0.209. The molecule has 0 atom stereocenters. The molecule has 0 spiro atoms. The van der Waals surface area contributed by atoms with Gasteiger partial charge in [-0.3, -0.25) is 14.2 Å². The second-order valence-electron chi connectivity index (χ2n) is 9.27. The summed E-state index contributed by atoms with van der Waals surface area (Å²) >= 11 is 1.31. The van der Waals surface area contributed by atoms with Crippen molar-refractivity contribution in [2.45, 2.75) is 31.0 Å². The lowest BCUT2D eigenvalue weighted by atomic mass is 9.83. The minimum atomic E-state index is -0.262. The van der Waals surface area contributed by atoms with Crippen LogP contribution in [0.4, 0.5) is 5.69 Å². The molecule has 0 saturated heterocycles. The van der Waals surface area contributed by atoms with E-state index < -0.39 is 0 Å². The molecule has 1 aliphatic rings. The van der Waals surface area contributed by atoms with Gasteiger partial charge in [0.05, 0.1) is 23.2 Å². The molecule has 1 aromatic heterocycles. The Morgan fingerprint density at radius 1 is 0.971 bits per heavy atom. The van der Waals surface area contributed by atoms with Gasteiger partial charge in [-0.1, -0.05) is 86.3 Å². The number of aromatic nitrogens is 2. The van der Waals surface area contributed by atoms with Crippen molar-refractivity contribution >= 4 is 34.1 Å². The van der Waals surface area contributed by atoms with Gasteiger partial charge < -0.3 is 4.90 Å². The first-order chi connectivity index (χ1) is 16.9. The van der Waals surface area contributed by atoms with Gasteiger partial charge in [0.2, 0.25) is 0 Å². The van der Waals surface area contributed by atoms with E-state index in [0.29, 0.717) is 22.6 Å². The Morgan fingerprint density at radius 3 is 2.43 bits per heavy atom. The number of benzene rings is 3. The number of hydrogen-bond acceptors (Lipinski definition) is 5. The van der Waals surface area contributed by atoms with Gasteiger partial charge in [-0.15, -0.1) is 0 Å². The molecule has 0 saturated carbocycles. The van der Waals surface area contributed by atoms with Gasteiger partial charge >= 0.3 is 0 Å². The summed E-state index contributed by atoms with van der Waals surface area (Å²) in [6.45, 7) is 4.69. The molecule has 4 aromatic rings. The maximum atomic E-state index is 13.3. The van der Waals surface area contributed by atoms with E-state index in [1.165, 1.54) is 17.3 Å². The number of carbonyl (C=O) groups excluding carboxylic acids is 1. The highest BCUT2D eigenvalue weighted by molar-refractivity contribution is 7.99. The SMILES string of the molecule is CN1C(=CC(=O)CSc2nc3ccccc3c(=O)n2Cc2ccccc2)C(C)(C)c2ccccc21. The number of likely N-dealkylation sites (N-methyl/N-ethyl adjacent to an activating group) is 1. The average molecular weight is 482 g/mol. The number of carbonyl (C=O) groups is 1. The van der Waals surface area contributed by atoms with Crippen molar-refractivity contribution in [3.05, 3.63) is 112 Å². The van der Waals surface area contributed by atoms with Crippen molar-refractivity contribution in [1.82, 2.24) is 9.55 Å². The van der Waals surface area contributed by atoms with Gasteiger partial charge in [0, 0.05) is 29.9 Å². The third-order valence-corrected chi connectivity index (χ3v) is 7.59. The molecule has 0 unspecified atom stereocenters. The Balaban J connectivity index is 1.44. The van der Waals surface area contributed by atoms with Crippen LogP contribution in [0.3, 0.4) is 0 Å². The first-order valence-electron chi connectivity index (χ1n) is 11.6. The maximum absolute atomic E-state index is 13.3. The van der Waals surface area contributed by atoms with E-state index in [0.717, 1.165) is 16.9 Å². The highest BCUT2D eigenvalue weighted by Crippen LogP contribution is 2.46. The van der Waals surface area contributed by atoms with Gasteiger partial charge in [-0.25, -0.2) is 4.98 Å². The summed E-state index contributed by atoms with van der Waals surface area (Å²) in [4.78, 5) is 33.3. The van der Waals surface area contributed by atoms with Crippen molar-refractivity contribution in [2.24, 2.45) is 0 Å². The molecule has 0 amide bonds. The second kappa shape index (κ2) is 9.19. The number of para-hydroxylation sites is 2. The van der Waals surface area contributed by atoms with Crippen LogP contribution in [0, 0.1) is 0 Å². The topological polar surface area (TPSA) is 55.2 Å². The number of anilines is 1. The molecule has 1 aliphatic heterocycles. The minimum Gasteiger partial charge on any atom is -0.347 e.